The Hall–Kier alpha value is -1.17. The number of rotatable bonds is 6. The molecule has 2 amide bonds. The number of hydrogen-bond acceptors (Lipinski definition) is 5. The van der Waals surface area contributed by atoms with Crippen LogP contribution < -0.4 is 0 Å². The summed E-state index contributed by atoms with van der Waals surface area (Å²) in [6.45, 7) is 0.273. The van der Waals surface area contributed by atoms with E-state index in [-0.39, 0.29) is 6.54 Å². The normalized spacial score (nSPS) is 16.3. The van der Waals surface area contributed by atoms with Crippen molar-refractivity contribution in [2.24, 2.45) is 0 Å². The topological polar surface area (TPSA) is 71.5 Å². The minimum absolute atomic E-state index is 0.273. The van der Waals surface area contributed by atoms with Crippen molar-refractivity contribution in [3.63, 3.8) is 0 Å². The van der Waals surface area contributed by atoms with Crippen molar-refractivity contribution < 1.29 is 19.2 Å². The lowest BCUT2D eigenvalue weighted by Crippen LogP contribution is -2.30. The van der Waals surface area contributed by atoms with Gasteiger partial charge in [0.15, 0.2) is 0 Å². The summed E-state index contributed by atoms with van der Waals surface area (Å²) in [7, 11) is 0. The van der Waals surface area contributed by atoms with Crippen LogP contribution in [0.15, 0.2) is 0 Å². The second kappa shape index (κ2) is 5.65. The molecule has 6 heteroatoms. The van der Waals surface area contributed by atoms with Crippen LogP contribution >= 0.6 is 11.8 Å². The van der Waals surface area contributed by atoms with E-state index in [2.05, 4.69) is 0 Å². The van der Waals surface area contributed by atoms with Gasteiger partial charge in [0.1, 0.15) is 6.29 Å². The molecule has 0 aromatic heterocycles. The van der Waals surface area contributed by atoms with Crippen LogP contribution in [0.1, 0.15) is 25.7 Å². The smallest absolute Gasteiger partial charge is 0.303 e. The van der Waals surface area contributed by atoms with Crippen LogP contribution in [-0.4, -0.2) is 34.0 Å². The number of aldehydes is 1. The molecule has 0 bridgehead atoms. The van der Waals surface area contributed by atoms with E-state index in [4.69, 9.17) is 0 Å². The number of hydrogen-bond donors (Lipinski definition) is 0. The van der Waals surface area contributed by atoms with Gasteiger partial charge in [-0.2, -0.15) is 0 Å². The van der Waals surface area contributed by atoms with Crippen LogP contribution in [0.4, 0.5) is 4.79 Å². The summed E-state index contributed by atoms with van der Waals surface area (Å²) >= 11 is 0.447. The Kier molecular flexibility index (Phi) is 4.48. The Labute approximate surface area is 91.2 Å². The van der Waals surface area contributed by atoms with Gasteiger partial charge in [-0.3, -0.25) is 19.3 Å². The van der Waals surface area contributed by atoms with Gasteiger partial charge in [0, 0.05) is 24.7 Å². The maximum atomic E-state index is 11.1. The SMILES string of the molecule is O=CCCCCCN1C(=O)SC(=O)C1=O. The molecule has 0 atom stereocenters. The van der Waals surface area contributed by atoms with Gasteiger partial charge >= 0.3 is 5.91 Å². The molecule has 0 aromatic rings. The Morgan fingerprint density at radius 1 is 1.13 bits per heavy atom. The third-order valence-electron chi connectivity index (χ3n) is 2.02. The average Bonchev–Trinajstić information content (AvgIpc) is 2.44. The molecule has 0 spiro atoms. The molecule has 0 aliphatic carbocycles. The number of thioether (sulfide) groups is 1. The van der Waals surface area contributed by atoms with Crippen LogP contribution in [0, 0.1) is 0 Å². The van der Waals surface area contributed by atoms with Crippen molar-refractivity contribution in [3.8, 4) is 0 Å². The van der Waals surface area contributed by atoms with Gasteiger partial charge in [-0.15, -0.1) is 0 Å². The standard InChI is InChI=1S/C9H11NO4S/c11-6-4-2-1-3-5-10-7(12)8(13)15-9(10)14/h6H,1-5H2. The molecule has 1 heterocycles. The quantitative estimate of drug-likeness (QED) is 0.385. The van der Waals surface area contributed by atoms with Crippen LogP contribution in [0.3, 0.4) is 0 Å². The van der Waals surface area contributed by atoms with Gasteiger partial charge in [-0.1, -0.05) is 6.42 Å². The fraction of sp³-hybridized carbons (Fsp3) is 0.556. The lowest BCUT2D eigenvalue weighted by atomic mass is 10.2. The Balaban J connectivity index is 2.26. The van der Waals surface area contributed by atoms with Gasteiger partial charge in [-0.05, 0) is 12.8 Å². The molecule has 5 nitrogen and oxygen atoms in total. The second-order valence-corrected chi connectivity index (χ2v) is 4.05. The van der Waals surface area contributed by atoms with E-state index in [1.165, 1.54) is 0 Å². The predicted molar refractivity (Wildman–Crippen MR) is 54.2 cm³/mol. The third-order valence-corrected chi connectivity index (χ3v) is 2.78. The molecular formula is C9H11NO4S. The molecule has 1 saturated heterocycles. The predicted octanol–water partition coefficient (Wildman–Crippen LogP) is 0.968. The van der Waals surface area contributed by atoms with E-state index in [0.717, 1.165) is 24.0 Å². The molecule has 15 heavy (non-hydrogen) atoms. The van der Waals surface area contributed by atoms with E-state index >= 15 is 0 Å². The first kappa shape index (κ1) is 11.9. The highest BCUT2D eigenvalue weighted by atomic mass is 32.2. The Bertz CT molecular complexity index is 302. The fourth-order valence-electron chi connectivity index (χ4n) is 1.24. The molecule has 1 aliphatic heterocycles. The van der Waals surface area contributed by atoms with Gasteiger partial charge < -0.3 is 4.79 Å². The lowest BCUT2D eigenvalue weighted by Gasteiger charge is -2.10. The molecule has 1 fully saturated rings. The molecule has 0 aromatic carbocycles. The molecule has 1 aliphatic rings. The van der Waals surface area contributed by atoms with Gasteiger partial charge in [0.05, 0.1) is 0 Å². The molecule has 0 unspecified atom stereocenters. The number of unbranched alkanes of at least 4 members (excludes halogenated alkanes) is 3. The van der Waals surface area contributed by atoms with Crippen LogP contribution in [-0.2, 0) is 14.4 Å². The summed E-state index contributed by atoms with van der Waals surface area (Å²) in [6.07, 6.45) is 3.50. The van der Waals surface area contributed by atoms with E-state index in [1.807, 2.05) is 0 Å². The van der Waals surface area contributed by atoms with Crippen molar-refractivity contribution in [2.45, 2.75) is 25.7 Å². The number of nitrogens with zero attached hydrogens (tertiary/aromatic N) is 1. The zero-order valence-corrected chi connectivity index (χ0v) is 8.92. The molecule has 0 radical (unpaired) electrons. The monoisotopic (exact) mass is 229 g/mol. The van der Waals surface area contributed by atoms with Crippen LogP contribution in [0.25, 0.3) is 0 Å². The van der Waals surface area contributed by atoms with Crippen molar-refractivity contribution in [1.82, 2.24) is 4.90 Å². The van der Waals surface area contributed by atoms with Crippen LogP contribution in [0.5, 0.6) is 0 Å². The van der Waals surface area contributed by atoms with E-state index in [0.29, 0.717) is 24.6 Å². The number of carbonyl (C=O) groups is 4. The minimum atomic E-state index is -0.722. The summed E-state index contributed by atoms with van der Waals surface area (Å²) < 4.78 is 0. The van der Waals surface area contributed by atoms with Crippen molar-refractivity contribution in [2.75, 3.05) is 6.54 Å². The zero-order valence-electron chi connectivity index (χ0n) is 8.10. The zero-order chi connectivity index (χ0) is 11.3. The summed E-state index contributed by atoms with van der Waals surface area (Å²) in [5.41, 5.74) is 0. The summed E-state index contributed by atoms with van der Waals surface area (Å²) in [4.78, 5) is 44.0. The van der Waals surface area contributed by atoms with Crippen LogP contribution in [0.2, 0.25) is 0 Å². The largest absolute Gasteiger partial charge is 0.309 e. The maximum absolute atomic E-state index is 11.1. The Morgan fingerprint density at radius 3 is 2.40 bits per heavy atom. The van der Waals surface area contributed by atoms with E-state index in [1.54, 1.807) is 0 Å². The molecule has 82 valence electrons. The van der Waals surface area contributed by atoms with Crippen molar-refractivity contribution in [1.29, 1.82) is 0 Å². The highest BCUT2D eigenvalue weighted by molar-refractivity contribution is 8.28. The highest BCUT2D eigenvalue weighted by Crippen LogP contribution is 2.20. The maximum Gasteiger partial charge on any atom is 0.309 e. The summed E-state index contributed by atoms with van der Waals surface area (Å²) in [5, 5.41) is -1.19. The summed E-state index contributed by atoms with van der Waals surface area (Å²) in [5.74, 6) is -0.722. The number of imide groups is 1. The second-order valence-electron chi connectivity index (χ2n) is 3.13. The van der Waals surface area contributed by atoms with Crippen molar-refractivity contribution >= 4 is 34.3 Å². The summed E-state index contributed by atoms with van der Waals surface area (Å²) in [6, 6.07) is 0. The number of amides is 2. The molecular weight excluding hydrogens is 218 g/mol. The first-order valence-electron chi connectivity index (χ1n) is 4.68. The van der Waals surface area contributed by atoms with Crippen molar-refractivity contribution in [3.05, 3.63) is 0 Å². The first-order valence-corrected chi connectivity index (χ1v) is 5.49. The lowest BCUT2D eigenvalue weighted by molar-refractivity contribution is -0.137. The number of carbonyl (C=O) groups excluding carboxylic acids is 4. The fourth-order valence-corrected chi connectivity index (χ4v) is 1.88. The average molecular weight is 229 g/mol. The van der Waals surface area contributed by atoms with Gasteiger partial charge in [0.2, 0.25) is 0 Å². The Morgan fingerprint density at radius 2 is 1.87 bits per heavy atom. The third kappa shape index (κ3) is 3.16. The van der Waals surface area contributed by atoms with Gasteiger partial charge in [-0.25, -0.2) is 0 Å². The van der Waals surface area contributed by atoms with E-state index in [9.17, 15) is 19.2 Å². The van der Waals surface area contributed by atoms with Gasteiger partial charge in [0.25, 0.3) is 10.4 Å². The highest BCUT2D eigenvalue weighted by Gasteiger charge is 2.37. The van der Waals surface area contributed by atoms with E-state index < -0.39 is 16.3 Å². The first-order chi connectivity index (χ1) is 7.16. The molecule has 0 N–H and O–H groups in total. The molecule has 1 rings (SSSR count). The molecule has 0 saturated carbocycles. The minimum Gasteiger partial charge on any atom is -0.303 e.